The van der Waals surface area contributed by atoms with Gasteiger partial charge >= 0.3 is 5.97 Å². The van der Waals surface area contributed by atoms with E-state index in [1.54, 1.807) is 16.7 Å². The van der Waals surface area contributed by atoms with E-state index in [2.05, 4.69) is 0 Å². The van der Waals surface area contributed by atoms with Crippen molar-refractivity contribution >= 4 is 17.8 Å². The fourth-order valence-electron chi connectivity index (χ4n) is 3.99. The monoisotopic (exact) mass is 388 g/mol. The van der Waals surface area contributed by atoms with Crippen LogP contribution in [0, 0.1) is 11.3 Å². The van der Waals surface area contributed by atoms with Gasteiger partial charge in [-0.3, -0.25) is 14.4 Å². The van der Waals surface area contributed by atoms with Gasteiger partial charge in [0.1, 0.15) is 5.75 Å². The van der Waals surface area contributed by atoms with Crippen molar-refractivity contribution in [3.63, 3.8) is 0 Å². The minimum absolute atomic E-state index is 0.00822. The Kier molecular flexibility index (Phi) is 6.21. The molecule has 0 aromatic heterocycles. The number of benzene rings is 1. The van der Waals surface area contributed by atoms with Crippen molar-refractivity contribution in [2.45, 2.75) is 32.6 Å². The quantitative estimate of drug-likeness (QED) is 0.834. The third-order valence-corrected chi connectivity index (χ3v) is 5.83. The summed E-state index contributed by atoms with van der Waals surface area (Å²) in [6.07, 6.45) is 2.52. The molecule has 152 valence electrons. The van der Waals surface area contributed by atoms with Crippen molar-refractivity contribution in [3.8, 4) is 5.75 Å². The lowest BCUT2D eigenvalue weighted by Crippen LogP contribution is -2.51. The lowest BCUT2D eigenvalue weighted by atomic mass is 9.81. The van der Waals surface area contributed by atoms with Crippen LogP contribution in [0.3, 0.4) is 0 Å². The first-order valence-electron chi connectivity index (χ1n) is 9.87. The molecule has 28 heavy (non-hydrogen) atoms. The number of hydrogen-bond acceptors (Lipinski definition) is 4. The van der Waals surface area contributed by atoms with Crippen LogP contribution in [-0.4, -0.2) is 65.5 Å². The zero-order chi connectivity index (χ0) is 20.1. The number of carbonyl (C=O) groups is 3. The number of rotatable bonds is 5. The number of amides is 2. The van der Waals surface area contributed by atoms with Crippen LogP contribution in [0.15, 0.2) is 30.3 Å². The van der Waals surface area contributed by atoms with Crippen LogP contribution < -0.4 is 4.74 Å². The molecule has 7 heteroatoms. The number of ether oxygens (including phenoxy) is 1. The molecular weight excluding hydrogens is 360 g/mol. The Hall–Kier alpha value is -2.57. The maximum Gasteiger partial charge on any atom is 0.311 e. The van der Waals surface area contributed by atoms with Gasteiger partial charge in [-0.15, -0.1) is 0 Å². The molecule has 1 unspecified atom stereocenters. The number of carbonyl (C=O) groups excluding carboxylic acids is 2. The number of nitrogens with zero attached hydrogens (tertiary/aromatic N) is 2. The third kappa shape index (κ3) is 4.64. The zero-order valence-electron chi connectivity index (χ0n) is 16.3. The van der Waals surface area contributed by atoms with Gasteiger partial charge in [-0.1, -0.05) is 18.2 Å². The second kappa shape index (κ2) is 8.63. The molecule has 7 nitrogen and oxygen atoms in total. The van der Waals surface area contributed by atoms with Gasteiger partial charge in [0.05, 0.1) is 5.41 Å². The summed E-state index contributed by atoms with van der Waals surface area (Å²) in [4.78, 5) is 40.2. The Bertz CT molecular complexity index is 715. The van der Waals surface area contributed by atoms with Crippen molar-refractivity contribution in [1.29, 1.82) is 0 Å². The fraction of sp³-hybridized carbons (Fsp3) is 0.571. The van der Waals surface area contributed by atoms with E-state index in [4.69, 9.17) is 4.74 Å². The summed E-state index contributed by atoms with van der Waals surface area (Å²) in [5.74, 6) is -0.377. The Balaban J connectivity index is 1.47. The summed E-state index contributed by atoms with van der Waals surface area (Å²) in [7, 11) is 0. The summed E-state index contributed by atoms with van der Waals surface area (Å²) >= 11 is 0. The van der Waals surface area contributed by atoms with E-state index in [0.717, 1.165) is 0 Å². The van der Waals surface area contributed by atoms with Crippen LogP contribution >= 0.6 is 0 Å². The van der Waals surface area contributed by atoms with Crippen molar-refractivity contribution in [3.05, 3.63) is 30.3 Å². The maximum absolute atomic E-state index is 12.9. The van der Waals surface area contributed by atoms with Crippen LogP contribution in [0.1, 0.15) is 32.6 Å². The molecule has 2 amide bonds. The van der Waals surface area contributed by atoms with Gasteiger partial charge in [-0.25, -0.2) is 0 Å². The number of para-hydroxylation sites is 1. The Labute approximate surface area is 165 Å². The second-order valence-electron chi connectivity index (χ2n) is 7.99. The minimum atomic E-state index is -0.862. The molecule has 0 aliphatic carbocycles. The van der Waals surface area contributed by atoms with Crippen LogP contribution in [0.2, 0.25) is 0 Å². The first kappa shape index (κ1) is 20.2. The normalized spacial score (nSPS) is 23.3. The SMILES string of the molecule is CC1(C(=O)O)CCCN(C(=O)C2CCN(C(=O)COc3ccccc3)CC2)C1. The fourth-order valence-corrected chi connectivity index (χ4v) is 3.99. The van der Waals surface area contributed by atoms with E-state index in [0.29, 0.717) is 51.1 Å². The maximum atomic E-state index is 12.9. The average molecular weight is 388 g/mol. The predicted molar refractivity (Wildman–Crippen MR) is 103 cm³/mol. The van der Waals surface area contributed by atoms with E-state index in [9.17, 15) is 19.5 Å². The van der Waals surface area contributed by atoms with Crippen molar-refractivity contribution in [1.82, 2.24) is 9.80 Å². The molecule has 0 spiro atoms. The molecule has 2 aliphatic heterocycles. The predicted octanol–water partition coefficient (Wildman–Crippen LogP) is 2.02. The van der Waals surface area contributed by atoms with Gasteiger partial charge in [0, 0.05) is 32.1 Å². The molecule has 2 aliphatic rings. The molecule has 2 heterocycles. The number of carboxylic acid groups (broad SMARTS) is 1. The highest BCUT2D eigenvalue weighted by atomic mass is 16.5. The minimum Gasteiger partial charge on any atom is -0.484 e. The van der Waals surface area contributed by atoms with E-state index >= 15 is 0 Å². The van der Waals surface area contributed by atoms with Crippen LogP contribution in [0.4, 0.5) is 0 Å². The summed E-state index contributed by atoms with van der Waals surface area (Å²) in [5.41, 5.74) is -0.862. The highest BCUT2D eigenvalue weighted by Gasteiger charge is 2.41. The Morgan fingerprint density at radius 3 is 2.43 bits per heavy atom. The van der Waals surface area contributed by atoms with E-state index in [-0.39, 0.29) is 30.9 Å². The molecule has 2 saturated heterocycles. The number of aliphatic carboxylic acids is 1. The van der Waals surface area contributed by atoms with Crippen molar-refractivity contribution in [2.24, 2.45) is 11.3 Å². The zero-order valence-corrected chi connectivity index (χ0v) is 16.3. The summed E-state index contributed by atoms with van der Waals surface area (Å²) in [6, 6.07) is 9.21. The molecule has 1 N–H and O–H groups in total. The second-order valence-corrected chi connectivity index (χ2v) is 7.99. The molecule has 2 fully saturated rings. The summed E-state index contributed by atoms with van der Waals surface area (Å²) in [6.45, 7) is 3.64. The number of piperidine rings is 2. The standard InChI is InChI=1S/C21H28N2O5/c1-21(20(26)27)10-5-11-23(15-21)19(25)16-8-12-22(13-9-16)18(24)14-28-17-6-3-2-4-7-17/h2-4,6-7,16H,5,8-15H2,1H3,(H,26,27). The molecule has 0 saturated carbocycles. The van der Waals surface area contributed by atoms with Gasteiger partial charge in [0.25, 0.3) is 5.91 Å². The molecule has 0 bridgehead atoms. The van der Waals surface area contributed by atoms with Crippen molar-refractivity contribution in [2.75, 3.05) is 32.8 Å². The Morgan fingerprint density at radius 1 is 1.11 bits per heavy atom. The molecule has 3 rings (SSSR count). The number of hydrogen-bond donors (Lipinski definition) is 1. The van der Waals surface area contributed by atoms with Gasteiger partial charge in [-0.05, 0) is 44.7 Å². The first-order valence-corrected chi connectivity index (χ1v) is 9.87. The van der Waals surface area contributed by atoms with Gasteiger partial charge in [-0.2, -0.15) is 0 Å². The largest absolute Gasteiger partial charge is 0.484 e. The number of likely N-dealkylation sites (tertiary alicyclic amines) is 2. The molecular formula is C21H28N2O5. The third-order valence-electron chi connectivity index (χ3n) is 5.83. The lowest BCUT2D eigenvalue weighted by Gasteiger charge is -2.40. The molecule has 1 atom stereocenters. The average Bonchev–Trinajstić information content (AvgIpc) is 2.72. The summed E-state index contributed by atoms with van der Waals surface area (Å²) in [5, 5.41) is 9.44. The van der Waals surface area contributed by atoms with Crippen molar-refractivity contribution < 1.29 is 24.2 Å². The van der Waals surface area contributed by atoms with E-state index < -0.39 is 11.4 Å². The molecule has 0 radical (unpaired) electrons. The van der Waals surface area contributed by atoms with E-state index in [1.165, 1.54) is 0 Å². The topological polar surface area (TPSA) is 87.2 Å². The summed E-state index contributed by atoms with van der Waals surface area (Å²) < 4.78 is 5.51. The Morgan fingerprint density at radius 2 is 1.79 bits per heavy atom. The lowest BCUT2D eigenvalue weighted by molar-refractivity contribution is -0.155. The van der Waals surface area contributed by atoms with Gasteiger partial charge in [0.15, 0.2) is 6.61 Å². The van der Waals surface area contributed by atoms with Crippen LogP contribution in [0.5, 0.6) is 5.75 Å². The van der Waals surface area contributed by atoms with E-state index in [1.807, 2.05) is 30.3 Å². The first-order chi connectivity index (χ1) is 13.4. The molecule has 1 aromatic rings. The highest BCUT2D eigenvalue weighted by Crippen LogP contribution is 2.31. The van der Waals surface area contributed by atoms with Crippen LogP contribution in [0.25, 0.3) is 0 Å². The van der Waals surface area contributed by atoms with Gasteiger partial charge < -0.3 is 19.6 Å². The van der Waals surface area contributed by atoms with Gasteiger partial charge in [0.2, 0.25) is 5.91 Å². The number of carboxylic acids is 1. The highest BCUT2D eigenvalue weighted by molar-refractivity contribution is 5.82. The molecule has 1 aromatic carbocycles. The van der Waals surface area contributed by atoms with Crippen LogP contribution in [-0.2, 0) is 14.4 Å². The smallest absolute Gasteiger partial charge is 0.311 e.